The van der Waals surface area contributed by atoms with Crippen LogP contribution in [0.4, 0.5) is 5.69 Å². The molecule has 1 amide bonds. The monoisotopic (exact) mass is 301 g/mol. The fourth-order valence-corrected chi connectivity index (χ4v) is 1.62. The number of rotatable bonds is 4. The van der Waals surface area contributed by atoms with Crippen molar-refractivity contribution >= 4 is 17.8 Å². The van der Waals surface area contributed by atoms with Crippen LogP contribution in [0.1, 0.15) is 15.9 Å². The van der Waals surface area contributed by atoms with E-state index in [9.17, 15) is 20.0 Å². The van der Waals surface area contributed by atoms with Crippen LogP contribution in [0.2, 0.25) is 0 Å². The van der Waals surface area contributed by atoms with Crippen LogP contribution in [0.15, 0.2) is 47.6 Å². The number of aromatic hydroxyl groups is 2. The van der Waals surface area contributed by atoms with E-state index in [2.05, 4.69) is 10.5 Å². The van der Waals surface area contributed by atoms with Gasteiger partial charge in [0.15, 0.2) is 5.75 Å². The number of nitrogens with zero attached hydrogens (tertiary/aromatic N) is 2. The Morgan fingerprint density at radius 2 is 1.86 bits per heavy atom. The van der Waals surface area contributed by atoms with Crippen molar-refractivity contribution in [3.05, 3.63) is 63.7 Å². The number of carbonyl (C=O) groups is 1. The number of nitro benzene ring substituents is 1. The highest BCUT2D eigenvalue weighted by molar-refractivity contribution is 5.95. The van der Waals surface area contributed by atoms with Gasteiger partial charge in [0.05, 0.1) is 11.1 Å². The van der Waals surface area contributed by atoms with Gasteiger partial charge in [-0.15, -0.1) is 0 Å². The predicted molar refractivity (Wildman–Crippen MR) is 77.9 cm³/mol. The average Bonchev–Trinajstić information content (AvgIpc) is 2.47. The van der Waals surface area contributed by atoms with Crippen molar-refractivity contribution in [1.82, 2.24) is 5.43 Å². The van der Waals surface area contributed by atoms with Gasteiger partial charge in [-0.05, 0) is 42.0 Å². The van der Waals surface area contributed by atoms with Crippen LogP contribution in [0.5, 0.6) is 11.5 Å². The van der Waals surface area contributed by atoms with Crippen molar-refractivity contribution in [2.75, 3.05) is 0 Å². The molecule has 0 fully saturated rings. The van der Waals surface area contributed by atoms with Gasteiger partial charge in [0.25, 0.3) is 5.91 Å². The fraction of sp³-hybridized carbons (Fsp3) is 0. The van der Waals surface area contributed by atoms with Crippen LogP contribution in [0.25, 0.3) is 0 Å². The first kappa shape index (κ1) is 15.0. The van der Waals surface area contributed by atoms with E-state index >= 15 is 0 Å². The molecule has 0 saturated carbocycles. The number of hydrogen-bond acceptors (Lipinski definition) is 6. The molecule has 8 heteroatoms. The Bertz CT molecular complexity index is 741. The lowest BCUT2D eigenvalue weighted by atomic mass is 10.2. The highest BCUT2D eigenvalue weighted by Crippen LogP contribution is 2.25. The summed E-state index contributed by atoms with van der Waals surface area (Å²) in [6, 6.07) is 9.27. The topological polar surface area (TPSA) is 125 Å². The molecule has 0 aliphatic heterocycles. The SMILES string of the molecule is O=C(N/N=C/c1ccc([N+](=O)[O-])c(O)c1)c1ccc(O)cc1. The fourth-order valence-electron chi connectivity index (χ4n) is 1.62. The minimum Gasteiger partial charge on any atom is -0.508 e. The van der Waals surface area contributed by atoms with Crippen molar-refractivity contribution in [3.8, 4) is 11.5 Å². The minimum absolute atomic E-state index is 0.0430. The summed E-state index contributed by atoms with van der Waals surface area (Å²) in [7, 11) is 0. The Kier molecular flexibility index (Phi) is 4.33. The molecule has 0 heterocycles. The van der Waals surface area contributed by atoms with Gasteiger partial charge in [0.1, 0.15) is 5.75 Å². The summed E-state index contributed by atoms with van der Waals surface area (Å²) < 4.78 is 0. The molecule has 22 heavy (non-hydrogen) atoms. The van der Waals surface area contributed by atoms with Crippen molar-refractivity contribution in [1.29, 1.82) is 0 Å². The Morgan fingerprint density at radius 3 is 2.45 bits per heavy atom. The minimum atomic E-state index is -0.706. The van der Waals surface area contributed by atoms with E-state index in [0.29, 0.717) is 11.1 Å². The number of hydrogen-bond donors (Lipinski definition) is 3. The highest BCUT2D eigenvalue weighted by Gasteiger charge is 2.12. The van der Waals surface area contributed by atoms with Crippen molar-refractivity contribution < 1.29 is 19.9 Å². The van der Waals surface area contributed by atoms with Gasteiger partial charge >= 0.3 is 5.69 Å². The molecule has 0 unspecified atom stereocenters. The van der Waals surface area contributed by atoms with Gasteiger partial charge < -0.3 is 10.2 Å². The van der Waals surface area contributed by atoms with E-state index in [1.54, 1.807) is 0 Å². The molecule has 0 aromatic heterocycles. The number of carbonyl (C=O) groups excluding carboxylic acids is 1. The average molecular weight is 301 g/mol. The molecule has 0 saturated heterocycles. The van der Waals surface area contributed by atoms with E-state index in [0.717, 1.165) is 12.1 Å². The van der Waals surface area contributed by atoms with E-state index in [4.69, 9.17) is 5.11 Å². The second kappa shape index (κ2) is 6.35. The molecule has 2 aromatic carbocycles. The second-order valence-corrected chi connectivity index (χ2v) is 4.25. The summed E-state index contributed by atoms with van der Waals surface area (Å²) in [5.74, 6) is -0.928. The number of hydrazone groups is 1. The standard InChI is InChI=1S/C14H11N3O5/c18-11-4-2-10(3-5-11)14(20)16-15-8-9-1-6-12(17(21)22)13(19)7-9/h1-8,18-19H,(H,16,20)/b15-8+. The van der Waals surface area contributed by atoms with E-state index in [1.807, 2.05) is 0 Å². The normalized spacial score (nSPS) is 10.5. The van der Waals surface area contributed by atoms with Crippen LogP contribution < -0.4 is 5.43 Å². The second-order valence-electron chi connectivity index (χ2n) is 4.25. The largest absolute Gasteiger partial charge is 0.508 e. The lowest BCUT2D eigenvalue weighted by Crippen LogP contribution is -2.17. The van der Waals surface area contributed by atoms with E-state index in [1.165, 1.54) is 36.5 Å². The van der Waals surface area contributed by atoms with E-state index in [-0.39, 0.29) is 5.75 Å². The maximum absolute atomic E-state index is 11.7. The lowest BCUT2D eigenvalue weighted by molar-refractivity contribution is -0.385. The molecule has 8 nitrogen and oxygen atoms in total. The molecule has 0 aliphatic carbocycles. The highest BCUT2D eigenvalue weighted by atomic mass is 16.6. The maximum atomic E-state index is 11.7. The van der Waals surface area contributed by atoms with Crippen LogP contribution in [0, 0.1) is 10.1 Å². The molecule has 0 bridgehead atoms. The zero-order valence-electron chi connectivity index (χ0n) is 11.1. The number of benzene rings is 2. The Morgan fingerprint density at radius 1 is 1.18 bits per heavy atom. The summed E-state index contributed by atoms with van der Waals surface area (Å²) >= 11 is 0. The third kappa shape index (κ3) is 3.57. The van der Waals surface area contributed by atoms with Crippen LogP contribution >= 0.6 is 0 Å². The van der Waals surface area contributed by atoms with Crippen LogP contribution in [0.3, 0.4) is 0 Å². The van der Waals surface area contributed by atoms with Gasteiger partial charge in [-0.25, -0.2) is 5.43 Å². The number of nitrogens with one attached hydrogen (secondary N) is 1. The van der Waals surface area contributed by atoms with Gasteiger partial charge in [0, 0.05) is 11.6 Å². The maximum Gasteiger partial charge on any atom is 0.310 e. The zero-order valence-corrected chi connectivity index (χ0v) is 11.1. The first-order chi connectivity index (χ1) is 10.5. The summed E-state index contributed by atoms with van der Waals surface area (Å²) in [4.78, 5) is 21.6. The molecule has 0 aliphatic rings. The van der Waals surface area contributed by atoms with Gasteiger partial charge in [0.2, 0.25) is 0 Å². The molecule has 3 N–H and O–H groups in total. The van der Waals surface area contributed by atoms with Crippen molar-refractivity contribution in [2.24, 2.45) is 5.10 Å². The first-order valence-corrected chi connectivity index (χ1v) is 6.07. The molecule has 0 radical (unpaired) electrons. The Hall–Kier alpha value is -3.42. The number of phenols is 2. The Balaban J connectivity index is 2.03. The summed E-state index contributed by atoms with van der Waals surface area (Å²) in [5, 5.41) is 32.8. The van der Waals surface area contributed by atoms with Crippen LogP contribution in [-0.2, 0) is 0 Å². The summed E-state index contributed by atoms with van der Waals surface area (Å²) in [6.45, 7) is 0. The summed E-state index contributed by atoms with van der Waals surface area (Å²) in [6.07, 6.45) is 1.24. The lowest BCUT2D eigenvalue weighted by Gasteiger charge is -2.00. The molecule has 0 atom stereocenters. The van der Waals surface area contributed by atoms with Gasteiger partial charge in [-0.1, -0.05) is 0 Å². The molecule has 0 spiro atoms. The predicted octanol–water partition coefficient (Wildman–Crippen LogP) is 1.77. The number of phenolic OH excluding ortho intramolecular Hbond substituents is 2. The third-order valence-electron chi connectivity index (χ3n) is 2.71. The number of nitro groups is 1. The smallest absolute Gasteiger partial charge is 0.310 e. The molecular formula is C14H11N3O5. The molecule has 112 valence electrons. The van der Waals surface area contributed by atoms with Gasteiger partial charge in [-0.2, -0.15) is 5.10 Å². The van der Waals surface area contributed by atoms with E-state index < -0.39 is 22.3 Å². The van der Waals surface area contributed by atoms with Crippen LogP contribution in [-0.4, -0.2) is 27.3 Å². The Labute approximate surface area is 124 Å². The first-order valence-electron chi connectivity index (χ1n) is 6.07. The summed E-state index contributed by atoms with van der Waals surface area (Å²) in [5.41, 5.74) is 2.54. The van der Waals surface area contributed by atoms with Crippen molar-refractivity contribution in [2.45, 2.75) is 0 Å². The molecular weight excluding hydrogens is 290 g/mol. The van der Waals surface area contributed by atoms with Crippen molar-refractivity contribution in [3.63, 3.8) is 0 Å². The zero-order chi connectivity index (χ0) is 16.1. The number of amides is 1. The molecule has 2 rings (SSSR count). The third-order valence-corrected chi connectivity index (χ3v) is 2.71. The molecule has 2 aromatic rings. The van der Waals surface area contributed by atoms with Gasteiger partial charge in [-0.3, -0.25) is 14.9 Å². The quantitative estimate of drug-likeness (QED) is 0.451.